The van der Waals surface area contributed by atoms with E-state index in [0.717, 1.165) is 19.3 Å². The first-order valence-electron chi connectivity index (χ1n) is 6.98. The summed E-state index contributed by atoms with van der Waals surface area (Å²) in [6, 6.07) is 0. The number of ether oxygens (including phenoxy) is 1. The Hall–Kier alpha value is -1.56. The molecule has 1 atom stereocenters. The first kappa shape index (κ1) is 15.5. The highest BCUT2D eigenvalue weighted by molar-refractivity contribution is 6.05. The van der Waals surface area contributed by atoms with Gasteiger partial charge in [-0.1, -0.05) is 26.0 Å². The molecule has 1 saturated carbocycles. The Kier molecular flexibility index (Phi) is 6.35. The summed E-state index contributed by atoms with van der Waals surface area (Å²) in [6.45, 7) is 4.20. The highest BCUT2D eigenvalue weighted by Crippen LogP contribution is 2.39. The minimum absolute atomic E-state index is 0.0117. The molecule has 0 amide bonds. The van der Waals surface area contributed by atoms with Gasteiger partial charge in [0.1, 0.15) is 12.0 Å². The third kappa shape index (κ3) is 3.96. The fourth-order valence-electron chi connectivity index (χ4n) is 2.24. The molecule has 1 unspecified atom stereocenters. The summed E-state index contributed by atoms with van der Waals surface area (Å²) in [4.78, 5) is 24.2. The maximum atomic E-state index is 12.2. The first-order valence-corrected chi connectivity index (χ1v) is 6.98. The van der Waals surface area contributed by atoms with Gasteiger partial charge in [0.05, 0.1) is 0 Å². The number of allylic oxidation sites excluding steroid dienone is 1. The van der Waals surface area contributed by atoms with Crippen LogP contribution in [0.25, 0.3) is 0 Å². The molecule has 0 aliphatic heterocycles. The van der Waals surface area contributed by atoms with Crippen LogP contribution in [-0.2, 0) is 14.3 Å². The van der Waals surface area contributed by atoms with E-state index in [1.165, 1.54) is 0 Å². The average molecular weight is 262 g/mol. The van der Waals surface area contributed by atoms with Gasteiger partial charge >= 0.3 is 5.97 Å². The second kappa shape index (κ2) is 7.78. The van der Waals surface area contributed by atoms with Crippen molar-refractivity contribution in [1.29, 1.82) is 0 Å². The van der Waals surface area contributed by atoms with Gasteiger partial charge in [0.2, 0.25) is 0 Å². The van der Waals surface area contributed by atoms with Crippen LogP contribution in [0.15, 0.2) is 12.2 Å². The molecule has 1 fully saturated rings. The summed E-state index contributed by atoms with van der Waals surface area (Å²) < 4.78 is 5.22. The standard InChI is InChI=1S/C16H22O3/c1-3-5-7-11-16(12-9-10-14(16)17)15(18)19-13-8-6-4-2/h6,8H,3-4,9-13H2,1-2H3. The Morgan fingerprint density at radius 1 is 1.37 bits per heavy atom. The van der Waals surface area contributed by atoms with Gasteiger partial charge in [0.25, 0.3) is 0 Å². The highest BCUT2D eigenvalue weighted by Gasteiger charge is 2.49. The van der Waals surface area contributed by atoms with Crippen LogP contribution >= 0.6 is 0 Å². The van der Waals surface area contributed by atoms with E-state index in [9.17, 15) is 9.59 Å². The van der Waals surface area contributed by atoms with Gasteiger partial charge < -0.3 is 4.74 Å². The molecule has 104 valence electrons. The molecule has 0 N–H and O–H groups in total. The molecule has 1 rings (SSSR count). The predicted octanol–water partition coefficient (Wildman–Crippen LogP) is 3.04. The zero-order valence-electron chi connectivity index (χ0n) is 11.8. The molecule has 1 aliphatic rings. The van der Waals surface area contributed by atoms with Gasteiger partial charge in [-0.05, 0) is 19.3 Å². The van der Waals surface area contributed by atoms with E-state index in [1.54, 1.807) is 0 Å². The molecule has 0 aromatic rings. The summed E-state index contributed by atoms with van der Waals surface area (Å²) in [5.41, 5.74) is -0.998. The van der Waals surface area contributed by atoms with Crippen molar-refractivity contribution in [3.05, 3.63) is 12.2 Å². The second-order valence-corrected chi connectivity index (χ2v) is 4.72. The van der Waals surface area contributed by atoms with E-state index in [2.05, 4.69) is 11.8 Å². The fraction of sp³-hybridized carbons (Fsp3) is 0.625. The largest absolute Gasteiger partial charge is 0.461 e. The van der Waals surface area contributed by atoms with Crippen LogP contribution in [0, 0.1) is 17.3 Å². The number of carbonyl (C=O) groups excluding carboxylic acids is 2. The van der Waals surface area contributed by atoms with Gasteiger partial charge in [-0.2, -0.15) is 0 Å². The summed E-state index contributed by atoms with van der Waals surface area (Å²) in [6.07, 6.45) is 7.48. The van der Waals surface area contributed by atoms with E-state index >= 15 is 0 Å². The van der Waals surface area contributed by atoms with E-state index in [0.29, 0.717) is 19.3 Å². The van der Waals surface area contributed by atoms with Crippen LogP contribution in [0.4, 0.5) is 0 Å². The second-order valence-electron chi connectivity index (χ2n) is 4.72. The number of Topliss-reactive ketones (excluding diaryl/α,β-unsaturated/α-hetero) is 1. The molecule has 0 aromatic carbocycles. The van der Waals surface area contributed by atoms with E-state index in [1.807, 2.05) is 26.0 Å². The third-order valence-electron chi connectivity index (χ3n) is 3.34. The third-order valence-corrected chi connectivity index (χ3v) is 3.34. The summed E-state index contributed by atoms with van der Waals surface area (Å²) in [7, 11) is 0. The van der Waals surface area contributed by atoms with Crippen molar-refractivity contribution in [3.63, 3.8) is 0 Å². The maximum Gasteiger partial charge on any atom is 0.320 e. The van der Waals surface area contributed by atoms with Crippen LogP contribution in [0.2, 0.25) is 0 Å². The summed E-state index contributed by atoms with van der Waals surface area (Å²) in [5.74, 6) is 5.46. The van der Waals surface area contributed by atoms with Crippen LogP contribution in [0.3, 0.4) is 0 Å². The van der Waals surface area contributed by atoms with Crippen molar-refractivity contribution >= 4 is 11.8 Å². The number of hydrogen-bond donors (Lipinski definition) is 0. The quantitative estimate of drug-likeness (QED) is 0.331. The Labute approximate surface area is 115 Å². The molecule has 0 aromatic heterocycles. The lowest BCUT2D eigenvalue weighted by molar-refractivity contribution is -0.157. The molecule has 0 bridgehead atoms. The lowest BCUT2D eigenvalue weighted by Crippen LogP contribution is -2.36. The SMILES string of the molecule is CCC#CCC1(C(=O)OCC=CCC)CCCC1=O. The Bertz CT molecular complexity index is 411. The average Bonchev–Trinajstić information content (AvgIpc) is 2.77. The highest BCUT2D eigenvalue weighted by atomic mass is 16.5. The zero-order chi connectivity index (χ0) is 14.1. The molecule has 1 aliphatic carbocycles. The van der Waals surface area contributed by atoms with Crippen molar-refractivity contribution < 1.29 is 14.3 Å². The van der Waals surface area contributed by atoms with Gasteiger partial charge in [-0.25, -0.2) is 0 Å². The van der Waals surface area contributed by atoms with E-state index in [4.69, 9.17) is 4.74 Å². The van der Waals surface area contributed by atoms with Crippen molar-refractivity contribution in [2.24, 2.45) is 5.41 Å². The van der Waals surface area contributed by atoms with Gasteiger partial charge in [0, 0.05) is 19.3 Å². The fourth-order valence-corrected chi connectivity index (χ4v) is 2.24. The maximum absolute atomic E-state index is 12.2. The van der Waals surface area contributed by atoms with Gasteiger partial charge in [0.15, 0.2) is 5.78 Å². The summed E-state index contributed by atoms with van der Waals surface area (Å²) in [5, 5.41) is 0. The van der Waals surface area contributed by atoms with Gasteiger partial charge in [-0.3, -0.25) is 9.59 Å². The zero-order valence-corrected chi connectivity index (χ0v) is 11.8. The van der Waals surface area contributed by atoms with Crippen molar-refractivity contribution in [2.75, 3.05) is 6.61 Å². The molecule has 0 saturated heterocycles. The first-order chi connectivity index (χ1) is 9.17. The molecular formula is C16H22O3. The molecule has 0 heterocycles. The van der Waals surface area contributed by atoms with Crippen molar-refractivity contribution in [1.82, 2.24) is 0 Å². The topological polar surface area (TPSA) is 43.4 Å². The number of hydrogen-bond acceptors (Lipinski definition) is 3. The normalized spacial score (nSPS) is 22.3. The van der Waals surface area contributed by atoms with Crippen LogP contribution in [0.5, 0.6) is 0 Å². The summed E-state index contributed by atoms with van der Waals surface area (Å²) >= 11 is 0. The molecule has 19 heavy (non-hydrogen) atoms. The van der Waals surface area contributed by atoms with Crippen molar-refractivity contribution in [3.8, 4) is 11.8 Å². The minimum Gasteiger partial charge on any atom is -0.461 e. The Morgan fingerprint density at radius 3 is 2.74 bits per heavy atom. The molecule has 0 radical (unpaired) electrons. The Morgan fingerprint density at radius 2 is 2.16 bits per heavy atom. The van der Waals surface area contributed by atoms with E-state index < -0.39 is 11.4 Å². The number of ketones is 1. The van der Waals surface area contributed by atoms with E-state index in [-0.39, 0.29) is 12.4 Å². The van der Waals surface area contributed by atoms with Crippen molar-refractivity contribution in [2.45, 2.75) is 52.4 Å². The molecule has 3 nitrogen and oxygen atoms in total. The lowest BCUT2D eigenvalue weighted by atomic mass is 9.82. The smallest absolute Gasteiger partial charge is 0.320 e. The van der Waals surface area contributed by atoms with Crippen LogP contribution in [0.1, 0.15) is 52.4 Å². The van der Waals surface area contributed by atoms with Crippen LogP contribution in [-0.4, -0.2) is 18.4 Å². The molecular weight excluding hydrogens is 240 g/mol. The monoisotopic (exact) mass is 262 g/mol. The predicted molar refractivity (Wildman–Crippen MR) is 74.4 cm³/mol. The van der Waals surface area contributed by atoms with Gasteiger partial charge in [-0.15, -0.1) is 11.8 Å². The van der Waals surface area contributed by atoms with Crippen LogP contribution < -0.4 is 0 Å². The number of carbonyl (C=O) groups is 2. The minimum atomic E-state index is -0.998. The lowest BCUT2D eigenvalue weighted by Gasteiger charge is -2.22. The molecule has 0 spiro atoms. The Balaban J connectivity index is 2.71. The number of rotatable bonds is 5. The number of esters is 1. The molecule has 3 heteroatoms.